The number of halogens is 1. The standard InChI is InChI=1S/C18H13ClN4O5/c1-27-18(24)11-2-5-15(19)14(8-11)16-6-4-13(28-16)10-21-22-17-7-3-12(9-20-17)23(25)26/h2-10H,1H3,(H,20,22)/b21-10+. The first-order valence-corrected chi connectivity index (χ1v) is 8.23. The zero-order valence-corrected chi connectivity index (χ0v) is 15.2. The van der Waals surface area contributed by atoms with Crippen LogP contribution in [0.1, 0.15) is 16.1 Å². The van der Waals surface area contributed by atoms with Crippen molar-refractivity contribution in [3.63, 3.8) is 0 Å². The monoisotopic (exact) mass is 400 g/mol. The van der Waals surface area contributed by atoms with Gasteiger partial charge in [0, 0.05) is 11.6 Å². The van der Waals surface area contributed by atoms with E-state index in [9.17, 15) is 14.9 Å². The van der Waals surface area contributed by atoms with Gasteiger partial charge in [0.05, 0.1) is 28.8 Å². The molecule has 3 rings (SSSR count). The minimum absolute atomic E-state index is 0.115. The van der Waals surface area contributed by atoms with Gasteiger partial charge in [0.2, 0.25) is 0 Å². The van der Waals surface area contributed by atoms with Crippen LogP contribution >= 0.6 is 11.6 Å². The molecule has 0 saturated heterocycles. The van der Waals surface area contributed by atoms with E-state index in [-0.39, 0.29) is 5.69 Å². The molecule has 0 aliphatic heterocycles. The molecule has 0 amide bonds. The maximum absolute atomic E-state index is 11.7. The van der Waals surface area contributed by atoms with E-state index < -0.39 is 10.9 Å². The van der Waals surface area contributed by atoms with Gasteiger partial charge in [-0.1, -0.05) is 11.6 Å². The van der Waals surface area contributed by atoms with E-state index >= 15 is 0 Å². The number of hydrogen-bond donors (Lipinski definition) is 1. The van der Waals surface area contributed by atoms with Crippen molar-refractivity contribution in [3.05, 3.63) is 75.1 Å². The molecule has 0 aliphatic carbocycles. The van der Waals surface area contributed by atoms with E-state index in [1.54, 1.807) is 30.3 Å². The van der Waals surface area contributed by atoms with Crippen molar-refractivity contribution in [1.82, 2.24) is 4.98 Å². The number of furan rings is 1. The van der Waals surface area contributed by atoms with Crippen LogP contribution in [0, 0.1) is 10.1 Å². The molecule has 2 aromatic heterocycles. The Morgan fingerprint density at radius 2 is 2.14 bits per heavy atom. The largest absolute Gasteiger partial charge is 0.465 e. The van der Waals surface area contributed by atoms with Crippen LogP contribution in [0.5, 0.6) is 0 Å². The number of methoxy groups -OCH3 is 1. The maximum Gasteiger partial charge on any atom is 0.337 e. The van der Waals surface area contributed by atoms with Crippen LogP contribution in [0.2, 0.25) is 5.02 Å². The summed E-state index contributed by atoms with van der Waals surface area (Å²) in [6.45, 7) is 0. The van der Waals surface area contributed by atoms with E-state index in [2.05, 4.69) is 15.5 Å². The van der Waals surface area contributed by atoms with Crippen LogP contribution in [0.15, 0.2) is 58.2 Å². The highest BCUT2D eigenvalue weighted by Crippen LogP contribution is 2.30. The Bertz CT molecular complexity index is 1050. The average molecular weight is 401 g/mol. The number of nitro groups is 1. The first-order valence-electron chi connectivity index (χ1n) is 7.85. The molecule has 0 unspecified atom stereocenters. The SMILES string of the molecule is COC(=O)c1ccc(Cl)c(-c2ccc(/C=N/Nc3ccc([N+](=O)[O-])cn3)o2)c1. The van der Waals surface area contributed by atoms with Crippen molar-refractivity contribution in [2.24, 2.45) is 5.10 Å². The summed E-state index contributed by atoms with van der Waals surface area (Å²) in [7, 11) is 1.30. The maximum atomic E-state index is 11.7. The summed E-state index contributed by atoms with van der Waals surface area (Å²) in [5, 5.41) is 15.0. The van der Waals surface area contributed by atoms with Crippen molar-refractivity contribution in [2.75, 3.05) is 12.5 Å². The molecule has 2 heterocycles. The number of hydrazone groups is 1. The zero-order valence-electron chi connectivity index (χ0n) is 14.5. The van der Waals surface area contributed by atoms with Gasteiger partial charge in [-0.15, -0.1) is 0 Å². The van der Waals surface area contributed by atoms with E-state index in [4.69, 9.17) is 20.8 Å². The molecule has 0 bridgehead atoms. The molecule has 0 saturated carbocycles. The van der Waals surface area contributed by atoms with E-state index in [1.807, 2.05) is 0 Å². The average Bonchev–Trinajstić information content (AvgIpc) is 3.16. The number of ether oxygens (including phenoxy) is 1. The fourth-order valence-electron chi connectivity index (χ4n) is 2.25. The van der Waals surface area contributed by atoms with Crippen molar-refractivity contribution < 1.29 is 18.9 Å². The molecule has 142 valence electrons. The number of nitrogens with zero attached hydrogens (tertiary/aromatic N) is 3. The van der Waals surface area contributed by atoms with Gasteiger partial charge < -0.3 is 9.15 Å². The third kappa shape index (κ3) is 4.33. The molecular formula is C18H13ClN4O5. The number of rotatable bonds is 6. The predicted molar refractivity (Wildman–Crippen MR) is 103 cm³/mol. The lowest BCUT2D eigenvalue weighted by molar-refractivity contribution is -0.385. The third-order valence-electron chi connectivity index (χ3n) is 3.61. The molecule has 28 heavy (non-hydrogen) atoms. The first kappa shape index (κ1) is 19.1. The van der Waals surface area contributed by atoms with Crippen molar-refractivity contribution in [2.45, 2.75) is 0 Å². The first-order chi connectivity index (χ1) is 13.5. The summed E-state index contributed by atoms with van der Waals surface area (Å²) < 4.78 is 10.4. The minimum Gasteiger partial charge on any atom is -0.465 e. The summed E-state index contributed by atoms with van der Waals surface area (Å²) in [6.07, 6.45) is 2.53. The van der Waals surface area contributed by atoms with Crippen LogP contribution in [-0.2, 0) is 4.74 Å². The van der Waals surface area contributed by atoms with Crippen molar-refractivity contribution in [3.8, 4) is 11.3 Å². The highest BCUT2D eigenvalue weighted by atomic mass is 35.5. The Kier molecular flexibility index (Phi) is 5.66. The van der Waals surface area contributed by atoms with Gasteiger partial charge in [-0.25, -0.2) is 9.78 Å². The quantitative estimate of drug-likeness (QED) is 0.286. The van der Waals surface area contributed by atoms with Crippen LogP contribution in [0.3, 0.4) is 0 Å². The van der Waals surface area contributed by atoms with Crippen molar-refractivity contribution in [1.29, 1.82) is 0 Å². The fourth-order valence-corrected chi connectivity index (χ4v) is 2.46. The molecule has 0 atom stereocenters. The molecule has 0 spiro atoms. The molecule has 1 N–H and O–H groups in total. The van der Waals surface area contributed by atoms with Gasteiger partial charge in [-0.2, -0.15) is 5.10 Å². The number of anilines is 1. The highest BCUT2D eigenvalue weighted by molar-refractivity contribution is 6.33. The molecular weight excluding hydrogens is 388 g/mol. The fraction of sp³-hybridized carbons (Fsp3) is 0.0556. The van der Waals surface area contributed by atoms with E-state index in [0.29, 0.717) is 33.5 Å². The van der Waals surface area contributed by atoms with Gasteiger partial charge in [0.15, 0.2) is 0 Å². The Morgan fingerprint density at radius 3 is 2.82 bits per heavy atom. The summed E-state index contributed by atoms with van der Waals surface area (Å²) in [5.41, 5.74) is 3.41. The van der Waals surface area contributed by atoms with Gasteiger partial charge in [-0.3, -0.25) is 15.5 Å². The molecule has 9 nitrogen and oxygen atoms in total. The number of aromatic nitrogens is 1. The second kappa shape index (κ2) is 8.31. The number of pyridine rings is 1. The summed E-state index contributed by atoms with van der Waals surface area (Å²) >= 11 is 6.19. The number of benzene rings is 1. The summed E-state index contributed by atoms with van der Waals surface area (Å²) in [6, 6.07) is 10.8. The number of hydrogen-bond acceptors (Lipinski definition) is 8. The number of carbonyl (C=O) groups excluding carboxylic acids is 1. The second-order valence-corrected chi connectivity index (χ2v) is 5.82. The predicted octanol–water partition coefficient (Wildman–Crippen LogP) is 4.14. The van der Waals surface area contributed by atoms with Crippen LogP contribution < -0.4 is 5.43 Å². The third-order valence-corrected chi connectivity index (χ3v) is 3.94. The Hall–Kier alpha value is -3.72. The Balaban J connectivity index is 1.73. The lowest BCUT2D eigenvalue weighted by Gasteiger charge is -2.04. The van der Waals surface area contributed by atoms with Gasteiger partial charge in [-0.05, 0) is 36.4 Å². The van der Waals surface area contributed by atoms with Crippen LogP contribution in [0.25, 0.3) is 11.3 Å². The number of esters is 1. The lowest BCUT2D eigenvalue weighted by atomic mass is 10.1. The topological polar surface area (TPSA) is 120 Å². The number of nitrogens with one attached hydrogen (secondary N) is 1. The van der Waals surface area contributed by atoms with Gasteiger partial charge in [0.1, 0.15) is 23.5 Å². The van der Waals surface area contributed by atoms with E-state index in [0.717, 1.165) is 6.20 Å². The smallest absolute Gasteiger partial charge is 0.337 e. The Morgan fingerprint density at radius 1 is 1.32 bits per heavy atom. The molecule has 1 aromatic carbocycles. The molecule has 10 heteroatoms. The van der Waals surface area contributed by atoms with Crippen molar-refractivity contribution >= 4 is 35.3 Å². The van der Waals surface area contributed by atoms with Gasteiger partial charge in [0.25, 0.3) is 5.69 Å². The highest BCUT2D eigenvalue weighted by Gasteiger charge is 2.13. The van der Waals surface area contributed by atoms with Gasteiger partial charge >= 0.3 is 5.97 Å². The van der Waals surface area contributed by atoms with E-state index in [1.165, 1.54) is 25.5 Å². The molecule has 0 aliphatic rings. The van der Waals surface area contributed by atoms with Crippen LogP contribution in [-0.4, -0.2) is 29.2 Å². The summed E-state index contributed by atoms with van der Waals surface area (Å²) in [5.74, 6) is 0.725. The second-order valence-electron chi connectivity index (χ2n) is 5.42. The molecule has 0 fully saturated rings. The normalized spacial score (nSPS) is 10.8. The number of carbonyl (C=O) groups is 1. The minimum atomic E-state index is -0.537. The molecule has 0 radical (unpaired) electrons. The summed E-state index contributed by atoms with van der Waals surface area (Å²) in [4.78, 5) is 25.6. The lowest BCUT2D eigenvalue weighted by Crippen LogP contribution is -2.01. The Labute approximate surface area is 163 Å². The zero-order chi connectivity index (χ0) is 20.1. The molecule has 3 aromatic rings. The van der Waals surface area contributed by atoms with Crippen LogP contribution in [0.4, 0.5) is 11.5 Å².